The van der Waals surface area contributed by atoms with Crippen LogP contribution in [0.3, 0.4) is 0 Å². The molecule has 0 radical (unpaired) electrons. The van der Waals surface area contributed by atoms with Crippen molar-refractivity contribution in [3.05, 3.63) is 52.4 Å². The molecule has 11 heteroatoms. The average molecular weight is 462 g/mol. The fourth-order valence-electron chi connectivity index (χ4n) is 3.33. The van der Waals surface area contributed by atoms with Gasteiger partial charge in [-0.2, -0.15) is 10.1 Å². The first-order valence-corrected chi connectivity index (χ1v) is 10.5. The number of rotatable bonds is 7. The molecule has 3 aromatic rings. The maximum Gasteiger partial charge on any atom is 0.262 e. The molecule has 0 unspecified atom stereocenters. The summed E-state index contributed by atoms with van der Waals surface area (Å²) in [5.74, 6) is -0.0984. The van der Waals surface area contributed by atoms with Crippen molar-refractivity contribution in [2.75, 3.05) is 24.3 Å². The van der Waals surface area contributed by atoms with Gasteiger partial charge in [-0.25, -0.2) is 4.98 Å². The third kappa shape index (κ3) is 5.07. The SMILES string of the molecule is COc1nc(Nc2cnn(C[C@H]3CCCN3)c2)ncc1C(=O)Nc1c(Cl)cccc1Cl. The highest BCUT2D eigenvalue weighted by Crippen LogP contribution is 2.31. The smallest absolute Gasteiger partial charge is 0.262 e. The molecule has 1 atom stereocenters. The van der Waals surface area contributed by atoms with Gasteiger partial charge in [-0.3, -0.25) is 9.48 Å². The van der Waals surface area contributed by atoms with Gasteiger partial charge in [-0.15, -0.1) is 0 Å². The topological polar surface area (TPSA) is 106 Å². The van der Waals surface area contributed by atoms with Crippen LogP contribution < -0.4 is 20.7 Å². The largest absolute Gasteiger partial charge is 0.480 e. The lowest BCUT2D eigenvalue weighted by molar-refractivity contribution is 0.102. The van der Waals surface area contributed by atoms with Gasteiger partial charge in [0.05, 0.1) is 41.3 Å². The molecule has 0 saturated carbocycles. The van der Waals surface area contributed by atoms with E-state index in [1.807, 2.05) is 10.9 Å². The molecular formula is C20H21Cl2N7O2. The Bertz CT molecular complexity index is 1060. The zero-order valence-corrected chi connectivity index (χ0v) is 18.2. The van der Waals surface area contributed by atoms with Crippen LogP contribution in [0.5, 0.6) is 5.88 Å². The Balaban J connectivity index is 1.46. The molecule has 1 saturated heterocycles. The number of amides is 1. The number of anilines is 3. The van der Waals surface area contributed by atoms with Crippen LogP contribution in [-0.4, -0.2) is 45.4 Å². The lowest BCUT2D eigenvalue weighted by Crippen LogP contribution is -2.26. The summed E-state index contributed by atoms with van der Waals surface area (Å²) in [6.07, 6.45) is 7.29. The molecule has 3 heterocycles. The summed E-state index contributed by atoms with van der Waals surface area (Å²) in [6, 6.07) is 5.39. The van der Waals surface area contributed by atoms with Crippen LogP contribution in [0.25, 0.3) is 0 Å². The van der Waals surface area contributed by atoms with Crippen LogP contribution in [0.1, 0.15) is 23.2 Å². The van der Waals surface area contributed by atoms with Gasteiger partial charge in [0.15, 0.2) is 0 Å². The van der Waals surface area contributed by atoms with Crippen molar-refractivity contribution >= 4 is 46.4 Å². The molecule has 4 rings (SSSR count). The maximum absolute atomic E-state index is 12.7. The van der Waals surface area contributed by atoms with Crippen molar-refractivity contribution in [2.45, 2.75) is 25.4 Å². The zero-order valence-electron chi connectivity index (χ0n) is 16.7. The highest BCUT2D eigenvalue weighted by Gasteiger charge is 2.19. The number of para-hydroxylation sites is 1. The van der Waals surface area contributed by atoms with E-state index in [1.165, 1.54) is 19.7 Å². The molecule has 162 valence electrons. The lowest BCUT2D eigenvalue weighted by atomic mass is 10.2. The molecule has 1 fully saturated rings. The highest BCUT2D eigenvalue weighted by atomic mass is 35.5. The Hall–Kier alpha value is -2.88. The van der Waals surface area contributed by atoms with Gasteiger partial charge < -0.3 is 20.7 Å². The predicted octanol–water partition coefficient (Wildman–Crippen LogP) is 3.74. The Morgan fingerprint density at radius 1 is 1.32 bits per heavy atom. The van der Waals surface area contributed by atoms with E-state index in [4.69, 9.17) is 27.9 Å². The van der Waals surface area contributed by atoms with Gasteiger partial charge in [0, 0.05) is 18.4 Å². The molecule has 0 bridgehead atoms. The number of hydrogen-bond acceptors (Lipinski definition) is 7. The number of carbonyl (C=O) groups excluding carboxylic acids is 1. The monoisotopic (exact) mass is 461 g/mol. The van der Waals surface area contributed by atoms with Crippen LogP contribution in [0.4, 0.5) is 17.3 Å². The van der Waals surface area contributed by atoms with Crippen molar-refractivity contribution < 1.29 is 9.53 Å². The Morgan fingerprint density at radius 3 is 2.84 bits per heavy atom. The van der Waals surface area contributed by atoms with E-state index in [2.05, 4.69) is 31.0 Å². The van der Waals surface area contributed by atoms with Crippen LogP contribution in [0, 0.1) is 0 Å². The molecule has 1 aliphatic heterocycles. The van der Waals surface area contributed by atoms with Crippen LogP contribution in [0.2, 0.25) is 10.0 Å². The fourth-order valence-corrected chi connectivity index (χ4v) is 3.82. The second-order valence-electron chi connectivity index (χ2n) is 7.04. The third-order valence-corrected chi connectivity index (χ3v) is 5.48. The molecule has 3 N–H and O–H groups in total. The minimum absolute atomic E-state index is 0.112. The summed E-state index contributed by atoms with van der Waals surface area (Å²) >= 11 is 12.2. The van der Waals surface area contributed by atoms with E-state index in [1.54, 1.807) is 24.4 Å². The molecule has 9 nitrogen and oxygen atoms in total. The number of nitrogens with zero attached hydrogens (tertiary/aromatic N) is 4. The van der Waals surface area contributed by atoms with Crippen molar-refractivity contribution in [2.24, 2.45) is 0 Å². The second-order valence-corrected chi connectivity index (χ2v) is 7.85. The first kappa shape index (κ1) is 21.4. The standard InChI is InChI=1S/C20H21Cl2N7O2/c1-31-19-14(18(30)27-17-15(21)5-2-6-16(17)22)9-24-20(28-19)26-13-8-25-29(11-13)10-12-4-3-7-23-12/h2,5-6,8-9,11-12,23H,3-4,7,10H2,1H3,(H,27,30)(H,24,26,28)/t12-/m1/s1. The van der Waals surface area contributed by atoms with E-state index in [-0.39, 0.29) is 17.4 Å². The lowest BCUT2D eigenvalue weighted by Gasteiger charge is -2.12. The Morgan fingerprint density at radius 2 is 2.13 bits per heavy atom. The molecule has 31 heavy (non-hydrogen) atoms. The van der Waals surface area contributed by atoms with E-state index >= 15 is 0 Å². The minimum atomic E-state index is -0.490. The summed E-state index contributed by atoms with van der Waals surface area (Å²) in [7, 11) is 1.43. The first-order chi connectivity index (χ1) is 15.0. The maximum atomic E-state index is 12.7. The van der Waals surface area contributed by atoms with E-state index < -0.39 is 5.91 Å². The van der Waals surface area contributed by atoms with Crippen molar-refractivity contribution in [3.63, 3.8) is 0 Å². The molecule has 0 aliphatic carbocycles. The zero-order chi connectivity index (χ0) is 21.8. The Kier molecular flexibility index (Phi) is 6.55. The summed E-state index contributed by atoms with van der Waals surface area (Å²) < 4.78 is 7.16. The van der Waals surface area contributed by atoms with Gasteiger partial charge in [0.2, 0.25) is 11.8 Å². The number of nitrogens with one attached hydrogen (secondary N) is 3. The first-order valence-electron chi connectivity index (χ1n) is 9.72. The third-order valence-electron chi connectivity index (χ3n) is 4.85. The highest BCUT2D eigenvalue weighted by molar-refractivity contribution is 6.40. The summed E-state index contributed by atoms with van der Waals surface area (Å²) in [4.78, 5) is 21.2. The number of ether oxygens (including phenoxy) is 1. The van der Waals surface area contributed by atoms with Crippen molar-refractivity contribution in [3.8, 4) is 5.88 Å². The number of halogens is 2. The summed E-state index contributed by atoms with van der Waals surface area (Å²) in [6.45, 7) is 1.85. The predicted molar refractivity (Wildman–Crippen MR) is 120 cm³/mol. The second kappa shape index (κ2) is 9.51. The molecule has 2 aromatic heterocycles. The van der Waals surface area contributed by atoms with Crippen LogP contribution in [-0.2, 0) is 6.54 Å². The van der Waals surface area contributed by atoms with Crippen LogP contribution >= 0.6 is 23.2 Å². The molecule has 0 spiro atoms. The fraction of sp³-hybridized carbons (Fsp3) is 0.300. The van der Waals surface area contributed by atoms with Crippen molar-refractivity contribution in [1.82, 2.24) is 25.1 Å². The normalized spacial score (nSPS) is 15.6. The molecule has 1 amide bonds. The molecule has 1 aromatic carbocycles. The summed E-state index contributed by atoms with van der Waals surface area (Å²) in [5, 5.41) is 14.2. The minimum Gasteiger partial charge on any atom is -0.480 e. The van der Waals surface area contributed by atoms with Gasteiger partial charge in [-0.1, -0.05) is 29.3 Å². The van der Waals surface area contributed by atoms with Gasteiger partial charge >= 0.3 is 0 Å². The summed E-state index contributed by atoms with van der Waals surface area (Å²) in [5.41, 5.74) is 1.19. The number of methoxy groups -OCH3 is 1. The number of carbonyl (C=O) groups is 1. The van der Waals surface area contributed by atoms with Gasteiger partial charge in [-0.05, 0) is 31.5 Å². The molecule has 1 aliphatic rings. The average Bonchev–Trinajstić information content (AvgIpc) is 3.43. The van der Waals surface area contributed by atoms with Gasteiger partial charge in [0.1, 0.15) is 5.56 Å². The van der Waals surface area contributed by atoms with Gasteiger partial charge in [0.25, 0.3) is 5.91 Å². The van der Waals surface area contributed by atoms with E-state index in [9.17, 15) is 4.79 Å². The Labute approximate surface area is 189 Å². The van der Waals surface area contributed by atoms with E-state index in [0.717, 1.165) is 25.2 Å². The van der Waals surface area contributed by atoms with Crippen molar-refractivity contribution in [1.29, 1.82) is 0 Å². The van der Waals surface area contributed by atoms with E-state index in [0.29, 0.717) is 21.8 Å². The number of benzene rings is 1. The number of hydrogen-bond donors (Lipinski definition) is 3. The molecular weight excluding hydrogens is 441 g/mol. The number of aromatic nitrogens is 4. The van der Waals surface area contributed by atoms with Crippen LogP contribution in [0.15, 0.2) is 36.8 Å². The quantitative estimate of drug-likeness (QED) is 0.491.